The molecule has 3 nitrogen and oxygen atoms in total. The molecule has 0 aromatic carbocycles. The Morgan fingerprint density at radius 2 is 2.06 bits per heavy atom. The highest BCUT2D eigenvalue weighted by molar-refractivity contribution is 5.67. The molecule has 0 bridgehead atoms. The molecule has 1 N–H and O–H groups in total. The number of hydrogen-bond donors (Lipinski definition) is 1. The van der Waals surface area contributed by atoms with E-state index in [-0.39, 0.29) is 6.04 Å². The molecule has 1 saturated heterocycles. The summed E-state index contributed by atoms with van der Waals surface area (Å²) in [7, 11) is 0. The lowest BCUT2D eigenvalue weighted by atomic mass is 9.94. The van der Waals surface area contributed by atoms with Crippen molar-refractivity contribution in [2.24, 2.45) is 5.92 Å². The van der Waals surface area contributed by atoms with Gasteiger partial charge in [0.2, 0.25) is 0 Å². The highest BCUT2D eigenvalue weighted by atomic mass is 16.4. The minimum absolute atomic E-state index is 0.264. The van der Waals surface area contributed by atoms with E-state index in [2.05, 4.69) is 25.7 Å². The molecular weight excluding hydrogens is 202 g/mol. The maximum atomic E-state index is 10.8. The maximum absolute atomic E-state index is 10.8. The largest absolute Gasteiger partial charge is 0.481 e. The van der Waals surface area contributed by atoms with Gasteiger partial charge in [0, 0.05) is 12.1 Å². The molecule has 2 unspecified atom stereocenters. The molecular formula is C13H25NO2. The van der Waals surface area contributed by atoms with Gasteiger partial charge in [0.1, 0.15) is 0 Å². The second-order valence-corrected chi connectivity index (χ2v) is 5.46. The summed E-state index contributed by atoms with van der Waals surface area (Å²) in [5.41, 5.74) is 0. The van der Waals surface area contributed by atoms with E-state index in [0.717, 1.165) is 19.4 Å². The zero-order valence-electron chi connectivity index (χ0n) is 10.8. The van der Waals surface area contributed by atoms with Gasteiger partial charge in [-0.05, 0) is 38.6 Å². The Kier molecular flexibility index (Phi) is 5.26. The van der Waals surface area contributed by atoms with Crippen LogP contribution >= 0.6 is 0 Å². The van der Waals surface area contributed by atoms with Crippen molar-refractivity contribution in [3.8, 4) is 0 Å². The van der Waals surface area contributed by atoms with Crippen LogP contribution in [-0.2, 0) is 4.79 Å². The molecule has 0 amide bonds. The van der Waals surface area contributed by atoms with Gasteiger partial charge in [0.05, 0.1) is 6.42 Å². The lowest BCUT2D eigenvalue weighted by Crippen LogP contribution is -2.46. The van der Waals surface area contributed by atoms with E-state index in [1.54, 1.807) is 0 Å². The third-order valence-corrected chi connectivity index (χ3v) is 3.46. The molecule has 1 heterocycles. The average molecular weight is 227 g/mol. The van der Waals surface area contributed by atoms with Crippen LogP contribution in [0.2, 0.25) is 0 Å². The van der Waals surface area contributed by atoms with Crippen molar-refractivity contribution in [2.75, 3.05) is 6.54 Å². The van der Waals surface area contributed by atoms with E-state index in [4.69, 9.17) is 5.11 Å². The van der Waals surface area contributed by atoms with Crippen LogP contribution in [0.5, 0.6) is 0 Å². The van der Waals surface area contributed by atoms with E-state index >= 15 is 0 Å². The van der Waals surface area contributed by atoms with Crippen LogP contribution in [0.25, 0.3) is 0 Å². The Bertz CT molecular complexity index is 228. The zero-order valence-corrected chi connectivity index (χ0v) is 10.8. The first-order valence-electron chi connectivity index (χ1n) is 6.48. The lowest BCUT2D eigenvalue weighted by Gasteiger charge is -2.40. The highest BCUT2D eigenvalue weighted by Gasteiger charge is 2.28. The summed E-state index contributed by atoms with van der Waals surface area (Å²) in [6, 6.07) is 0.782. The fourth-order valence-electron chi connectivity index (χ4n) is 2.84. The van der Waals surface area contributed by atoms with E-state index in [9.17, 15) is 4.79 Å². The summed E-state index contributed by atoms with van der Waals surface area (Å²) in [6.07, 6.45) is 4.93. The summed E-state index contributed by atoms with van der Waals surface area (Å²) in [6.45, 7) is 7.77. The molecule has 1 aliphatic heterocycles. The first-order valence-corrected chi connectivity index (χ1v) is 6.48. The van der Waals surface area contributed by atoms with Crippen LogP contribution in [0.3, 0.4) is 0 Å². The Balaban J connectivity index is 2.54. The average Bonchev–Trinajstić information content (AvgIpc) is 2.16. The van der Waals surface area contributed by atoms with Crippen LogP contribution in [0.15, 0.2) is 0 Å². The summed E-state index contributed by atoms with van der Waals surface area (Å²) >= 11 is 0. The van der Waals surface area contributed by atoms with Gasteiger partial charge in [-0.2, -0.15) is 0 Å². The summed E-state index contributed by atoms with van der Waals surface area (Å²) in [4.78, 5) is 13.2. The van der Waals surface area contributed by atoms with Crippen LogP contribution in [0.1, 0.15) is 52.9 Å². The van der Waals surface area contributed by atoms with Gasteiger partial charge in [-0.25, -0.2) is 0 Å². The van der Waals surface area contributed by atoms with Crippen molar-refractivity contribution < 1.29 is 9.90 Å². The second-order valence-electron chi connectivity index (χ2n) is 5.46. The first kappa shape index (κ1) is 13.5. The minimum atomic E-state index is -0.659. The molecule has 1 fully saturated rings. The van der Waals surface area contributed by atoms with Crippen molar-refractivity contribution in [2.45, 2.75) is 65.0 Å². The molecule has 0 spiro atoms. The number of nitrogens with zero attached hydrogens (tertiary/aromatic N) is 1. The third kappa shape index (κ3) is 4.12. The number of piperidine rings is 1. The molecule has 16 heavy (non-hydrogen) atoms. The van der Waals surface area contributed by atoms with Gasteiger partial charge in [-0.3, -0.25) is 9.69 Å². The monoisotopic (exact) mass is 227 g/mol. The summed E-state index contributed by atoms with van der Waals surface area (Å²) in [5, 5.41) is 8.92. The topological polar surface area (TPSA) is 40.5 Å². The van der Waals surface area contributed by atoms with Gasteiger partial charge in [0.25, 0.3) is 0 Å². The van der Waals surface area contributed by atoms with Gasteiger partial charge in [0.15, 0.2) is 0 Å². The third-order valence-electron chi connectivity index (χ3n) is 3.46. The van der Waals surface area contributed by atoms with Crippen molar-refractivity contribution in [1.82, 2.24) is 4.90 Å². The number of carboxylic acids is 1. The molecule has 1 aliphatic rings. The summed E-state index contributed by atoms with van der Waals surface area (Å²) in [5.74, 6) is 0.0241. The molecule has 0 aromatic rings. The predicted molar refractivity (Wildman–Crippen MR) is 65.5 cm³/mol. The van der Waals surface area contributed by atoms with E-state index in [1.807, 2.05) is 0 Å². The zero-order chi connectivity index (χ0) is 12.1. The van der Waals surface area contributed by atoms with Crippen LogP contribution in [0.4, 0.5) is 0 Å². The van der Waals surface area contributed by atoms with E-state index in [0.29, 0.717) is 18.4 Å². The second kappa shape index (κ2) is 6.24. The van der Waals surface area contributed by atoms with Gasteiger partial charge in [-0.1, -0.05) is 20.3 Å². The Morgan fingerprint density at radius 1 is 1.38 bits per heavy atom. The molecule has 0 saturated carbocycles. The van der Waals surface area contributed by atoms with Crippen LogP contribution in [-0.4, -0.2) is 34.6 Å². The maximum Gasteiger partial charge on any atom is 0.304 e. The molecule has 0 aliphatic carbocycles. The highest BCUT2D eigenvalue weighted by Crippen LogP contribution is 2.24. The molecule has 0 radical (unpaired) electrons. The summed E-state index contributed by atoms with van der Waals surface area (Å²) < 4.78 is 0. The standard InChI is InChI=1S/C13H25NO2/c1-10(2)8-11(3)14-7-5-4-6-12(14)9-13(15)16/h10-12H,4-9H2,1-3H3,(H,15,16). The van der Waals surface area contributed by atoms with Crippen molar-refractivity contribution in [1.29, 1.82) is 0 Å². The Morgan fingerprint density at radius 3 is 2.62 bits per heavy atom. The number of likely N-dealkylation sites (tertiary alicyclic amines) is 1. The SMILES string of the molecule is CC(C)CC(C)N1CCCCC1CC(=O)O. The quantitative estimate of drug-likeness (QED) is 0.785. The first-order chi connectivity index (χ1) is 7.50. The molecule has 2 atom stereocenters. The lowest BCUT2D eigenvalue weighted by molar-refractivity contribution is -0.139. The smallest absolute Gasteiger partial charge is 0.304 e. The molecule has 0 aromatic heterocycles. The Labute approximate surface area is 98.8 Å². The fraction of sp³-hybridized carbons (Fsp3) is 0.923. The minimum Gasteiger partial charge on any atom is -0.481 e. The Hall–Kier alpha value is -0.570. The fourth-order valence-corrected chi connectivity index (χ4v) is 2.84. The van der Waals surface area contributed by atoms with Gasteiger partial charge < -0.3 is 5.11 Å². The van der Waals surface area contributed by atoms with Gasteiger partial charge in [-0.15, -0.1) is 0 Å². The van der Waals surface area contributed by atoms with E-state index in [1.165, 1.54) is 12.8 Å². The van der Waals surface area contributed by atoms with E-state index < -0.39 is 5.97 Å². The van der Waals surface area contributed by atoms with Crippen LogP contribution in [0, 0.1) is 5.92 Å². The van der Waals surface area contributed by atoms with Crippen molar-refractivity contribution in [3.63, 3.8) is 0 Å². The number of carbonyl (C=O) groups is 1. The van der Waals surface area contributed by atoms with Crippen LogP contribution < -0.4 is 0 Å². The molecule has 1 rings (SSSR count). The van der Waals surface area contributed by atoms with Crippen molar-refractivity contribution in [3.05, 3.63) is 0 Å². The number of hydrogen-bond acceptors (Lipinski definition) is 2. The molecule has 94 valence electrons. The molecule has 3 heteroatoms. The number of carboxylic acid groups (broad SMARTS) is 1. The number of rotatable bonds is 5. The van der Waals surface area contributed by atoms with Crippen molar-refractivity contribution >= 4 is 5.97 Å². The number of aliphatic carboxylic acids is 1. The van der Waals surface area contributed by atoms with Gasteiger partial charge >= 0.3 is 5.97 Å². The predicted octanol–water partition coefficient (Wildman–Crippen LogP) is 2.75. The normalized spacial score (nSPS) is 24.6.